The van der Waals surface area contributed by atoms with E-state index in [0.717, 1.165) is 0 Å². The number of nitrogens with one attached hydrogen (secondary N) is 1. The molecule has 0 aromatic heterocycles. The summed E-state index contributed by atoms with van der Waals surface area (Å²) in [5.74, 6) is -2.95. The summed E-state index contributed by atoms with van der Waals surface area (Å²) in [5.41, 5.74) is -3.29. The Morgan fingerprint density at radius 2 is 1.96 bits per heavy atom. The number of amides is 2. The minimum atomic E-state index is -5.18. The minimum Gasteiger partial charge on any atom is -0.465 e. The lowest BCUT2D eigenvalue weighted by atomic mass is 9.93. The first-order valence-electron chi connectivity index (χ1n) is 8.22. The van der Waals surface area contributed by atoms with Crippen LogP contribution < -0.4 is 5.32 Å². The molecular weight excluding hydrogens is 369 g/mol. The molecule has 1 aliphatic rings. The Kier molecular flexibility index (Phi) is 6.09. The lowest BCUT2D eigenvalue weighted by Gasteiger charge is -2.45. The quantitative estimate of drug-likeness (QED) is 0.740. The number of carbonyl (C=O) groups is 3. The highest BCUT2D eigenvalue weighted by molar-refractivity contribution is 5.98. The number of aliphatic hydroxyl groups is 1. The van der Waals surface area contributed by atoms with Gasteiger partial charge in [0.15, 0.2) is 0 Å². The summed E-state index contributed by atoms with van der Waals surface area (Å²) in [7, 11) is 0. The fourth-order valence-corrected chi connectivity index (χ4v) is 2.78. The number of piperidine rings is 1. The van der Waals surface area contributed by atoms with Crippen molar-refractivity contribution in [3.05, 3.63) is 35.9 Å². The first-order chi connectivity index (χ1) is 12.6. The molecule has 27 heavy (non-hydrogen) atoms. The predicted molar refractivity (Wildman–Crippen MR) is 86.3 cm³/mol. The molecule has 1 fully saturated rings. The number of hydrogen-bond acceptors (Lipinski definition) is 5. The van der Waals surface area contributed by atoms with Gasteiger partial charge in [0.1, 0.15) is 12.6 Å². The van der Waals surface area contributed by atoms with E-state index in [9.17, 15) is 32.7 Å². The largest absolute Gasteiger partial charge is 0.465 e. The third-order valence-electron chi connectivity index (χ3n) is 4.18. The number of halogens is 3. The van der Waals surface area contributed by atoms with E-state index in [-0.39, 0.29) is 17.1 Å². The smallest absolute Gasteiger partial charge is 0.436 e. The van der Waals surface area contributed by atoms with Crippen molar-refractivity contribution in [3.63, 3.8) is 0 Å². The molecule has 0 saturated carbocycles. The van der Waals surface area contributed by atoms with Gasteiger partial charge in [0, 0.05) is 12.0 Å². The van der Waals surface area contributed by atoms with Crippen LogP contribution in [0.2, 0.25) is 0 Å². The summed E-state index contributed by atoms with van der Waals surface area (Å²) in [6, 6.07) is 6.50. The molecule has 1 aromatic rings. The van der Waals surface area contributed by atoms with Crippen LogP contribution in [-0.2, 0) is 14.3 Å². The van der Waals surface area contributed by atoms with Gasteiger partial charge in [-0.15, -0.1) is 0 Å². The Hall–Kier alpha value is -2.62. The molecular formula is C17H19F3N2O5. The highest BCUT2D eigenvalue weighted by Crippen LogP contribution is 2.40. The number of carbonyl (C=O) groups excluding carboxylic acids is 3. The van der Waals surface area contributed by atoms with Gasteiger partial charge >= 0.3 is 12.1 Å². The van der Waals surface area contributed by atoms with Crippen molar-refractivity contribution in [3.8, 4) is 0 Å². The molecule has 1 aromatic carbocycles. The number of esters is 1. The van der Waals surface area contributed by atoms with Crippen LogP contribution in [0.4, 0.5) is 13.2 Å². The second-order valence-corrected chi connectivity index (χ2v) is 5.97. The van der Waals surface area contributed by atoms with Crippen molar-refractivity contribution >= 4 is 17.8 Å². The average Bonchev–Trinajstić information content (AvgIpc) is 2.61. The van der Waals surface area contributed by atoms with Crippen molar-refractivity contribution in [2.75, 3.05) is 13.2 Å². The van der Waals surface area contributed by atoms with E-state index in [1.54, 1.807) is 18.2 Å². The molecule has 1 heterocycles. The topological polar surface area (TPSA) is 95.9 Å². The van der Waals surface area contributed by atoms with E-state index >= 15 is 0 Å². The SMILES string of the molecule is CCOC(=O)CN1C(=O)[C@@H](NC(=O)c2ccccc2)CC[C@]1(O)C(F)(F)F. The van der Waals surface area contributed by atoms with Crippen LogP contribution in [-0.4, -0.2) is 58.9 Å². The highest BCUT2D eigenvalue weighted by Gasteiger charge is 2.62. The third kappa shape index (κ3) is 4.38. The van der Waals surface area contributed by atoms with Crippen molar-refractivity contribution < 1.29 is 37.4 Å². The Morgan fingerprint density at radius 3 is 2.52 bits per heavy atom. The van der Waals surface area contributed by atoms with E-state index in [1.807, 2.05) is 0 Å². The van der Waals surface area contributed by atoms with Gasteiger partial charge in [-0.25, -0.2) is 0 Å². The van der Waals surface area contributed by atoms with Crippen LogP contribution >= 0.6 is 0 Å². The Labute approximate surface area is 153 Å². The molecule has 0 spiro atoms. The van der Waals surface area contributed by atoms with Crippen LogP contribution in [0.5, 0.6) is 0 Å². The average molecular weight is 388 g/mol. The lowest BCUT2D eigenvalue weighted by Crippen LogP contribution is -2.68. The van der Waals surface area contributed by atoms with Gasteiger partial charge in [-0.05, 0) is 25.5 Å². The fourth-order valence-electron chi connectivity index (χ4n) is 2.78. The maximum Gasteiger partial charge on any atom is 0.436 e. The number of hydrogen-bond donors (Lipinski definition) is 2. The van der Waals surface area contributed by atoms with E-state index < -0.39 is 55.1 Å². The molecule has 2 rings (SSSR count). The van der Waals surface area contributed by atoms with Crippen LogP contribution in [0.25, 0.3) is 0 Å². The minimum absolute atomic E-state index is 0.0183. The summed E-state index contributed by atoms with van der Waals surface area (Å²) in [6.07, 6.45) is -6.50. The number of benzene rings is 1. The standard InChI is InChI=1S/C17H19F3N2O5/c1-2-27-13(23)10-22-15(25)12(8-9-16(22,26)17(18,19)20)21-14(24)11-6-4-3-5-7-11/h3-7,12,26H,2,8-10H2,1H3,(H,21,24)/t12-,16-/m0/s1. The Morgan fingerprint density at radius 1 is 1.33 bits per heavy atom. The highest BCUT2D eigenvalue weighted by atomic mass is 19.4. The Balaban J connectivity index is 2.23. The number of ether oxygens (including phenoxy) is 1. The molecule has 2 N–H and O–H groups in total. The molecule has 10 heteroatoms. The van der Waals surface area contributed by atoms with Crippen LogP contribution in [0.1, 0.15) is 30.1 Å². The molecule has 0 bridgehead atoms. The summed E-state index contributed by atoms with van der Waals surface area (Å²) in [6.45, 7) is 0.272. The molecule has 1 saturated heterocycles. The zero-order valence-corrected chi connectivity index (χ0v) is 14.5. The monoisotopic (exact) mass is 388 g/mol. The number of likely N-dealkylation sites (tertiary alicyclic amines) is 1. The van der Waals surface area contributed by atoms with Crippen molar-refractivity contribution in [1.82, 2.24) is 10.2 Å². The number of alkyl halides is 3. The zero-order chi connectivity index (χ0) is 20.2. The second-order valence-electron chi connectivity index (χ2n) is 5.97. The molecule has 2 amide bonds. The van der Waals surface area contributed by atoms with Crippen LogP contribution in [0.3, 0.4) is 0 Å². The van der Waals surface area contributed by atoms with Gasteiger partial charge in [0.25, 0.3) is 5.91 Å². The van der Waals surface area contributed by atoms with Gasteiger partial charge in [0.2, 0.25) is 11.6 Å². The van der Waals surface area contributed by atoms with Crippen LogP contribution in [0, 0.1) is 0 Å². The lowest BCUT2D eigenvalue weighted by molar-refractivity contribution is -0.317. The third-order valence-corrected chi connectivity index (χ3v) is 4.18. The van der Waals surface area contributed by atoms with E-state index in [1.165, 1.54) is 19.1 Å². The van der Waals surface area contributed by atoms with Crippen molar-refractivity contribution in [1.29, 1.82) is 0 Å². The molecule has 0 unspecified atom stereocenters. The van der Waals surface area contributed by atoms with Gasteiger partial charge in [-0.2, -0.15) is 13.2 Å². The van der Waals surface area contributed by atoms with Crippen molar-refractivity contribution in [2.24, 2.45) is 0 Å². The summed E-state index contributed by atoms with van der Waals surface area (Å²) < 4.78 is 44.7. The summed E-state index contributed by atoms with van der Waals surface area (Å²) in [4.78, 5) is 36.4. The normalized spacial score (nSPS) is 23.1. The van der Waals surface area contributed by atoms with Crippen LogP contribution in [0.15, 0.2) is 30.3 Å². The van der Waals surface area contributed by atoms with E-state index in [2.05, 4.69) is 10.1 Å². The first-order valence-corrected chi connectivity index (χ1v) is 8.22. The van der Waals surface area contributed by atoms with Gasteiger partial charge in [-0.3, -0.25) is 19.3 Å². The van der Waals surface area contributed by atoms with E-state index in [4.69, 9.17) is 0 Å². The van der Waals surface area contributed by atoms with Gasteiger partial charge in [0.05, 0.1) is 6.61 Å². The predicted octanol–water partition coefficient (Wildman–Crippen LogP) is 1.22. The maximum absolute atomic E-state index is 13.4. The summed E-state index contributed by atoms with van der Waals surface area (Å²) in [5, 5.41) is 12.4. The van der Waals surface area contributed by atoms with Gasteiger partial charge in [-0.1, -0.05) is 18.2 Å². The molecule has 1 aliphatic heterocycles. The summed E-state index contributed by atoms with van der Waals surface area (Å²) >= 11 is 0. The molecule has 148 valence electrons. The first kappa shape index (κ1) is 20.7. The van der Waals surface area contributed by atoms with Crippen molar-refractivity contribution in [2.45, 2.75) is 37.7 Å². The number of rotatable bonds is 5. The molecule has 0 aliphatic carbocycles. The molecule has 7 nitrogen and oxygen atoms in total. The molecule has 2 atom stereocenters. The Bertz CT molecular complexity index is 710. The fraction of sp³-hybridized carbons (Fsp3) is 0.471. The second kappa shape index (κ2) is 7.95. The van der Waals surface area contributed by atoms with E-state index in [0.29, 0.717) is 0 Å². The molecule has 0 radical (unpaired) electrons. The zero-order valence-electron chi connectivity index (χ0n) is 14.5. The van der Waals surface area contributed by atoms with Gasteiger partial charge < -0.3 is 15.2 Å². The maximum atomic E-state index is 13.4. The number of nitrogens with zero attached hydrogens (tertiary/aromatic N) is 1.